The van der Waals surface area contributed by atoms with E-state index in [-0.39, 0.29) is 24.0 Å². The fraction of sp³-hybridized carbons (Fsp3) is 0.381. The minimum absolute atomic E-state index is 0.106. The summed E-state index contributed by atoms with van der Waals surface area (Å²) in [5.74, 6) is 0.347. The van der Waals surface area contributed by atoms with E-state index < -0.39 is 10.0 Å². The summed E-state index contributed by atoms with van der Waals surface area (Å²) in [7, 11) is -3.64. The Kier molecular flexibility index (Phi) is 6.89. The number of hydrogen-bond acceptors (Lipinski definition) is 5. The molecule has 8 heteroatoms. The third kappa shape index (κ3) is 5.35. The van der Waals surface area contributed by atoms with Crippen LogP contribution < -0.4 is 10.1 Å². The Labute approximate surface area is 171 Å². The number of morpholine rings is 1. The molecule has 1 aliphatic heterocycles. The van der Waals surface area contributed by atoms with Crippen molar-refractivity contribution in [2.75, 3.05) is 32.9 Å². The maximum absolute atomic E-state index is 13.0. The Morgan fingerprint density at radius 3 is 2.62 bits per heavy atom. The lowest BCUT2D eigenvalue weighted by Gasteiger charge is -2.27. The number of nitrogens with zero attached hydrogens (tertiary/aromatic N) is 1. The molecule has 0 spiro atoms. The first kappa shape index (κ1) is 21.3. The van der Waals surface area contributed by atoms with Crippen LogP contribution in [0.15, 0.2) is 47.4 Å². The molecule has 0 aliphatic carbocycles. The Hall–Kier alpha value is -2.42. The van der Waals surface area contributed by atoms with Crippen molar-refractivity contribution in [3.8, 4) is 5.75 Å². The van der Waals surface area contributed by atoms with Gasteiger partial charge in [-0.1, -0.05) is 30.3 Å². The second-order valence-corrected chi connectivity index (χ2v) is 8.86. The highest BCUT2D eigenvalue weighted by Gasteiger charge is 2.28. The van der Waals surface area contributed by atoms with Crippen LogP contribution in [-0.2, 0) is 26.1 Å². The van der Waals surface area contributed by atoms with Crippen molar-refractivity contribution in [1.29, 1.82) is 0 Å². The predicted molar refractivity (Wildman–Crippen MR) is 109 cm³/mol. The van der Waals surface area contributed by atoms with Crippen LogP contribution in [0.4, 0.5) is 0 Å². The van der Waals surface area contributed by atoms with Crippen LogP contribution >= 0.6 is 0 Å². The molecule has 0 bridgehead atoms. The summed E-state index contributed by atoms with van der Waals surface area (Å²) >= 11 is 0. The molecule has 1 N–H and O–H groups in total. The number of aryl methyl sites for hydroxylation is 2. The number of rotatable bonds is 7. The molecule has 1 saturated heterocycles. The van der Waals surface area contributed by atoms with E-state index in [2.05, 4.69) is 5.32 Å². The monoisotopic (exact) mass is 418 g/mol. The van der Waals surface area contributed by atoms with Crippen LogP contribution in [0.1, 0.15) is 16.7 Å². The van der Waals surface area contributed by atoms with Gasteiger partial charge in [-0.3, -0.25) is 4.79 Å². The van der Waals surface area contributed by atoms with Crippen molar-refractivity contribution < 1.29 is 22.7 Å². The van der Waals surface area contributed by atoms with Gasteiger partial charge in [0, 0.05) is 19.6 Å². The third-order valence-electron chi connectivity index (χ3n) is 4.74. The van der Waals surface area contributed by atoms with Crippen LogP contribution in [0, 0.1) is 13.8 Å². The molecule has 0 saturated carbocycles. The van der Waals surface area contributed by atoms with Crippen LogP contribution in [0.5, 0.6) is 5.75 Å². The molecule has 0 aromatic heterocycles. The van der Waals surface area contributed by atoms with Gasteiger partial charge in [-0.15, -0.1) is 0 Å². The van der Waals surface area contributed by atoms with Crippen molar-refractivity contribution in [1.82, 2.24) is 9.62 Å². The smallest absolute Gasteiger partial charge is 0.258 e. The first-order chi connectivity index (χ1) is 13.9. The number of nitrogens with one attached hydrogen (secondary N) is 1. The van der Waals surface area contributed by atoms with Gasteiger partial charge in [0.1, 0.15) is 5.75 Å². The molecule has 156 valence electrons. The quantitative estimate of drug-likeness (QED) is 0.744. The van der Waals surface area contributed by atoms with Crippen LogP contribution in [0.25, 0.3) is 0 Å². The predicted octanol–water partition coefficient (Wildman–Crippen LogP) is 2.02. The van der Waals surface area contributed by atoms with E-state index in [9.17, 15) is 13.2 Å². The lowest BCUT2D eigenvalue weighted by atomic mass is 10.1. The molecule has 0 unspecified atom stereocenters. The summed E-state index contributed by atoms with van der Waals surface area (Å²) < 4.78 is 38.2. The maximum atomic E-state index is 13.0. The van der Waals surface area contributed by atoms with Crippen LogP contribution in [0.3, 0.4) is 0 Å². The Bertz CT molecular complexity index is 969. The number of hydrogen-bond donors (Lipinski definition) is 1. The van der Waals surface area contributed by atoms with E-state index in [1.165, 1.54) is 4.31 Å². The van der Waals surface area contributed by atoms with E-state index in [0.29, 0.717) is 37.6 Å². The lowest BCUT2D eigenvalue weighted by molar-refractivity contribution is -0.123. The highest BCUT2D eigenvalue weighted by Crippen LogP contribution is 2.21. The van der Waals surface area contributed by atoms with Crippen molar-refractivity contribution in [2.24, 2.45) is 0 Å². The lowest BCUT2D eigenvalue weighted by Crippen LogP contribution is -2.41. The molecule has 29 heavy (non-hydrogen) atoms. The number of benzene rings is 2. The average Bonchev–Trinajstić information content (AvgIpc) is 2.73. The summed E-state index contributed by atoms with van der Waals surface area (Å²) in [5, 5.41) is 2.75. The van der Waals surface area contributed by atoms with Crippen molar-refractivity contribution >= 4 is 15.9 Å². The molecule has 1 amide bonds. The van der Waals surface area contributed by atoms with Gasteiger partial charge in [0.05, 0.1) is 18.1 Å². The van der Waals surface area contributed by atoms with E-state index in [4.69, 9.17) is 9.47 Å². The SMILES string of the molecule is Cc1ccc(C)c(OCC(=O)NCc2ccccc2S(=O)(=O)N2CCOCC2)c1. The topological polar surface area (TPSA) is 84.9 Å². The number of carbonyl (C=O) groups excluding carboxylic acids is 1. The van der Waals surface area contributed by atoms with Crippen molar-refractivity contribution in [3.63, 3.8) is 0 Å². The summed E-state index contributed by atoms with van der Waals surface area (Å²) in [6.07, 6.45) is 0. The Morgan fingerprint density at radius 2 is 1.86 bits per heavy atom. The van der Waals surface area contributed by atoms with Gasteiger partial charge in [-0.2, -0.15) is 4.31 Å². The van der Waals surface area contributed by atoms with Gasteiger partial charge in [-0.05, 0) is 42.7 Å². The van der Waals surface area contributed by atoms with Crippen molar-refractivity contribution in [3.05, 3.63) is 59.2 Å². The van der Waals surface area contributed by atoms with Gasteiger partial charge < -0.3 is 14.8 Å². The van der Waals surface area contributed by atoms with Gasteiger partial charge in [0.25, 0.3) is 5.91 Å². The molecule has 1 fully saturated rings. The third-order valence-corrected chi connectivity index (χ3v) is 6.74. The Morgan fingerprint density at radius 1 is 1.14 bits per heavy atom. The zero-order valence-electron chi connectivity index (χ0n) is 16.7. The van der Waals surface area contributed by atoms with Gasteiger partial charge in [0.2, 0.25) is 10.0 Å². The number of carbonyl (C=O) groups is 1. The summed E-state index contributed by atoms with van der Waals surface area (Å²) in [6.45, 7) is 5.26. The standard InChI is InChI=1S/C21H26N2O5S/c1-16-7-8-17(2)19(13-16)28-15-21(24)22-14-18-5-3-4-6-20(18)29(25,26)23-9-11-27-12-10-23/h3-8,13H,9-12,14-15H2,1-2H3,(H,22,24). The van der Waals surface area contributed by atoms with E-state index in [1.807, 2.05) is 32.0 Å². The largest absolute Gasteiger partial charge is 0.483 e. The van der Waals surface area contributed by atoms with Gasteiger partial charge in [0.15, 0.2) is 6.61 Å². The molecule has 1 aliphatic rings. The van der Waals surface area contributed by atoms with E-state index >= 15 is 0 Å². The number of ether oxygens (including phenoxy) is 2. The van der Waals surface area contributed by atoms with Crippen LogP contribution in [-0.4, -0.2) is 51.5 Å². The zero-order valence-corrected chi connectivity index (χ0v) is 17.5. The van der Waals surface area contributed by atoms with Gasteiger partial charge >= 0.3 is 0 Å². The molecular weight excluding hydrogens is 392 g/mol. The summed E-state index contributed by atoms with van der Waals surface area (Å²) in [4.78, 5) is 12.4. The highest BCUT2D eigenvalue weighted by atomic mass is 32.2. The van der Waals surface area contributed by atoms with E-state index in [0.717, 1.165) is 11.1 Å². The van der Waals surface area contributed by atoms with Gasteiger partial charge in [-0.25, -0.2) is 8.42 Å². The molecule has 2 aromatic rings. The summed E-state index contributed by atoms with van der Waals surface area (Å²) in [6, 6.07) is 12.5. The Balaban J connectivity index is 1.63. The molecule has 0 radical (unpaired) electrons. The fourth-order valence-electron chi connectivity index (χ4n) is 3.08. The normalized spacial score (nSPS) is 15.1. The second kappa shape index (κ2) is 9.39. The highest BCUT2D eigenvalue weighted by molar-refractivity contribution is 7.89. The molecule has 0 atom stereocenters. The van der Waals surface area contributed by atoms with Crippen LogP contribution in [0.2, 0.25) is 0 Å². The first-order valence-corrected chi connectivity index (χ1v) is 10.9. The molecule has 2 aromatic carbocycles. The number of amides is 1. The zero-order chi connectivity index (χ0) is 20.9. The average molecular weight is 419 g/mol. The minimum Gasteiger partial charge on any atom is -0.483 e. The second-order valence-electron chi connectivity index (χ2n) is 6.96. The first-order valence-electron chi connectivity index (χ1n) is 9.50. The molecule has 1 heterocycles. The minimum atomic E-state index is -3.64. The van der Waals surface area contributed by atoms with Crippen molar-refractivity contribution in [2.45, 2.75) is 25.3 Å². The maximum Gasteiger partial charge on any atom is 0.258 e. The summed E-state index contributed by atoms with van der Waals surface area (Å²) in [5.41, 5.74) is 2.54. The van der Waals surface area contributed by atoms with E-state index in [1.54, 1.807) is 24.3 Å². The molecule has 7 nitrogen and oxygen atoms in total. The molecular formula is C21H26N2O5S. The number of sulfonamides is 1. The fourth-order valence-corrected chi connectivity index (χ4v) is 4.71. The molecule has 3 rings (SSSR count).